The first-order valence-corrected chi connectivity index (χ1v) is 10.9. The number of rotatable bonds is 5. The van der Waals surface area contributed by atoms with Gasteiger partial charge in [-0.2, -0.15) is 0 Å². The number of nitrogen functional groups attached to an aromatic ring is 1. The van der Waals surface area contributed by atoms with Gasteiger partial charge in [0, 0.05) is 17.7 Å². The third-order valence-corrected chi connectivity index (χ3v) is 6.11. The smallest absolute Gasteiger partial charge is 0.260 e. The van der Waals surface area contributed by atoms with Gasteiger partial charge in [-0.15, -0.1) is 0 Å². The minimum absolute atomic E-state index is 0.315. The largest absolute Gasteiger partial charge is 0.496 e. The van der Waals surface area contributed by atoms with E-state index in [-0.39, 0.29) is 12.4 Å². The summed E-state index contributed by atoms with van der Waals surface area (Å²) in [6, 6.07) is 11.8. The third-order valence-electron chi connectivity index (χ3n) is 6.11. The number of amidine groups is 1. The summed E-state index contributed by atoms with van der Waals surface area (Å²) in [5.41, 5.74) is 8.49. The zero-order valence-corrected chi connectivity index (χ0v) is 18.6. The van der Waals surface area contributed by atoms with E-state index in [0.29, 0.717) is 35.2 Å². The molecule has 9 heteroatoms. The number of aliphatic hydroxyl groups excluding tert-OH is 1. The van der Waals surface area contributed by atoms with E-state index in [2.05, 4.69) is 15.1 Å². The number of anilines is 1. The summed E-state index contributed by atoms with van der Waals surface area (Å²) in [6.07, 6.45) is 6.81. The molecule has 1 fully saturated rings. The molecule has 3 N–H and O–H groups in total. The zero-order chi connectivity index (χ0) is 23.7. The summed E-state index contributed by atoms with van der Waals surface area (Å²) in [5.74, 6) is 1.32. The predicted octanol–water partition coefficient (Wildman–Crippen LogP) is 3.54. The molecular formula is C25H24FN5O3. The molecule has 1 atom stereocenters. The lowest BCUT2D eigenvalue weighted by atomic mass is 9.94. The Kier molecular flexibility index (Phi) is 5.62. The Hall–Kier alpha value is -3.98. The van der Waals surface area contributed by atoms with Crippen LogP contribution in [0, 0.1) is 5.82 Å². The molecule has 8 nitrogen and oxygen atoms in total. The van der Waals surface area contributed by atoms with Crippen molar-refractivity contribution in [3.63, 3.8) is 0 Å². The fourth-order valence-electron chi connectivity index (χ4n) is 4.39. The molecule has 0 bridgehead atoms. The van der Waals surface area contributed by atoms with E-state index in [9.17, 15) is 9.50 Å². The highest BCUT2D eigenvalue weighted by molar-refractivity contribution is 6.03. The van der Waals surface area contributed by atoms with Crippen molar-refractivity contribution in [3.05, 3.63) is 77.4 Å². The van der Waals surface area contributed by atoms with Gasteiger partial charge in [0.1, 0.15) is 24.0 Å². The molecule has 174 valence electrons. The second-order valence-corrected chi connectivity index (χ2v) is 8.17. The molecule has 34 heavy (non-hydrogen) atoms. The summed E-state index contributed by atoms with van der Waals surface area (Å²) >= 11 is 0. The van der Waals surface area contributed by atoms with Crippen LogP contribution in [-0.2, 0) is 10.6 Å². The van der Waals surface area contributed by atoms with Crippen LogP contribution in [0.4, 0.5) is 10.2 Å². The summed E-state index contributed by atoms with van der Waals surface area (Å²) in [4.78, 5) is 16.2. The molecule has 2 aliphatic heterocycles. The van der Waals surface area contributed by atoms with Gasteiger partial charge in [-0.1, -0.05) is 11.2 Å². The number of hydrogen-bond donors (Lipinski definition) is 2. The maximum absolute atomic E-state index is 13.5. The molecule has 0 radical (unpaired) electrons. The quantitative estimate of drug-likeness (QED) is 0.599. The number of benzene rings is 2. The first kappa shape index (κ1) is 21.8. The van der Waals surface area contributed by atoms with Gasteiger partial charge in [0.2, 0.25) is 0 Å². The first-order valence-electron chi connectivity index (χ1n) is 10.9. The van der Waals surface area contributed by atoms with Crippen LogP contribution in [0.3, 0.4) is 0 Å². The highest BCUT2D eigenvalue weighted by Gasteiger charge is 2.49. The number of fused-ring (bicyclic) bond motifs is 1. The molecule has 1 aromatic heterocycles. The number of oxime groups is 1. The molecule has 0 amide bonds. The molecule has 0 spiro atoms. The van der Waals surface area contributed by atoms with E-state index in [4.69, 9.17) is 15.3 Å². The average Bonchev–Trinajstić information content (AvgIpc) is 3.26. The van der Waals surface area contributed by atoms with Crippen molar-refractivity contribution in [2.45, 2.75) is 18.6 Å². The predicted molar refractivity (Wildman–Crippen MR) is 126 cm³/mol. The number of aromatic nitrogens is 2. The summed E-state index contributed by atoms with van der Waals surface area (Å²) in [6.45, 7) is 0.343. The van der Waals surface area contributed by atoms with Gasteiger partial charge in [0.15, 0.2) is 5.84 Å². The second-order valence-electron chi connectivity index (χ2n) is 8.17. The highest BCUT2D eigenvalue weighted by atomic mass is 19.1. The molecule has 0 aliphatic carbocycles. The number of aliphatic hydroxyl groups is 1. The number of methoxy groups -OCH3 is 1. The van der Waals surface area contributed by atoms with Crippen LogP contribution >= 0.6 is 0 Å². The number of halogens is 1. The minimum atomic E-state index is -1.17. The number of hydrogen-bond acceptors (Lipinski definition) is 8. The average molecular weight is 461 g/mol. The molecular weight excluding hydrogens is 437 g/mol. The lowest BCUT2D eigenvalue weighted by Gasteiger charge is -2.38. The lowest BCUT2D eigenvalue weighted by molar-refractivity contribution is -0.137. The van der Waals surface area contributed by atoms with E-state index in [1.54, 1.807) is 25.4 Å². The van der Waals surface area contributed by atoms with Crippen LogP contribution < -0.4 is 10.5 Å². The lowest BCUT2D eigenvalue weighted by Crippen LogP contribution is -2.51. The maximum atomic E-state index is 13.5. The molecule has 1 unspecified atom stereocenters. The van der Waals surface area contributed by atoms with Crippen LogP contribution in [0.25, 0.3) is 17.3 Å². The Morgan fingerprint density at radius 2 is 2.03 bits per heavy atom. The monoisotopic (exact) mass is 461 g/mol. The number of piperidine rings is 1. The number of nitrogens with zero attached hydrogens (tertiary/aromatic N) is 4. The van der Waals surface area contributed by atoms with Crippen molar-refractivity contribution >= 4 is 17.7 Å². The van der Waals surface area contributed by atoms with Crippen LogP contribution in [0.15, 0.2) is 65.6 Å². The normalized spacial score (nSPS) is 20.6. The highest BCUT2D eigenvalue weighted by Crippen LogP contribution is 2.40. The number of nitrogens with two attached hydrogens (primary N) is 1. The number of ether oxygens (including phenoxy) is 1. The van der Waals surface area contributed by atoms with Gasteiger partial charge < -0.3 is 25.3 Å². The van der Waals surface area contributed by atoms with Crippen molar-refractivity contribution in [1.82, 2.24) is 14.9 Å². The van der Waals surface area contributed by atoms with Crippen LogP contribution in [0.2, 0.25) is 0 Å². The van der Waals surface area contributed by atoms with Gasteiger partial charge in [-0.05, 0) is 66.5 Å². The van der Waals surface area contributed by atoms with Gasteiger partial charge in [0.05, 0.1) is 25.2 Å². The summed E-state index contributed by atoms with van der Waals surface area (Å²) in [7, 11) is 1.61. The Morgan fingerprint density at radius 3 is 2.74 bits per heavy atom. The molecule has 3 aromatic rings. The van der Waals surface area contributed by atoms with E-state index >= 15 is 0 Å². The van der Waals surface area contributed by atoms with Crippen molar-refractivity contribution < 1.29 is 19.1 Å². The van der Waals surface area contributed by atoms with E-state index in [1.807, 2.05) is 29.2 Å². The first-order chi connectivity index (χ1) is 16.5. The molecule has 2 aliphatic rings. The summed E-state index contributed by atoms with van der Waals surface area (Å²) in [5, 5.41) is 14.6. The van der Waals surface area contributed by atoms with Gasteiger partial charge in [-0.3, -0.25) is 4.98 Å². The molecule has 5 rings (SSSR count). The second kappa shape index (κ2) is 8.75. The fourth-order valence-corrected chi connectivity index (χ4v) is 4.39. The fraction of sp³-hybridized carbons (Fsp3) is 0.240. The SMILES string of the molecule is COc1cc(/C=C2\CCCN3C2=NOC3(CO)c2ccc(F)cc2)ccc1-c1cnc(N)cn1. The van der Waals surface area contributed by atoms with Gasteiger partial charge in [-0.25, -0.2) is 9.37 Å². The van der Waals surface area contributed by atoms with Gasteiger partial charge >= 0.3 is 0 Å². The van der Waals surface area contributed by atoms with Crippen LogP contribution in [0.1, 0.15) is 24.0 Å². The Morgan fingerprint density at radius 1 is 1.21 bits per heavy atom. The molecule has 0 saturated carbocycles. The minimum Gasteiger partial charge on any atom is -0.496 e. The third kappa shape index (κ3) is 3.73. The van der Waals surface area contributed by atoms with Crippen LogP contribution in [0.5, 0.6) is 5.75 Å². The van der Waals surface area contributed by atoms with Crippen molar-refractivity contribution in [3.8, 4) is 17.0 Å². The Balaban J connectivity index is 1.46. The Labute approximate surface area is 196 Å². The standard InChI is InChI=1S/C25H24FN5O3/c1-33-22-12-16(4-9-20(22)21-13-29-23(27)14-28-21)11-17-3-2-10-31-24(17)30-34-25(31,15-32)18-5-7-19(26)8-6-18/h4-9,11-14,32H,2-3,10,15H2,1H3,(H2,27,29)/b17-11+. The Bertz CT molecular complexity index is 1260. The van der Waals surface area contributed by atoms with Crippen molar-refractivity contribution in [2.75, 3.05) is 26.0 Å². The molecule has 3 heterocycles. The zero-order valence-electron chi connectivity index (χ0n) is 18.6. The molecule has 2 aromatic carbocycles. The summed E-state index contributed by atoms with van der Waals surface area (Å²) < 4.78 is 19.1. The van der Waals surface area contributed by atoms with E-state index in [1.165, 1.54) is 18.3 Å². The van der Waals surface area contributed by atoms with Crippen LogP contribution in [-0.4, -0.2) is 46.1 Å². The van der Waals surface area contributed by atoms with Crippen molar-refractivity contribution in [2.24, 2.45) is 5.16 Å². The van der Waals surface area contributed by atoms with E-state index in [0.717, 1.165) is 29.5 Å². The maximum Gasteiger partial charge on any atom is 0.260 e. The topological polar surface area (TPSA) is 106 Å². The van der Waals surface area contributed by atoms with Gasteiger partial charge in [0.25, 0.3) is 5.72 Å². The molecule has 1 saturated heterocycles. The van der Waals surface area contributed by atoms with Crippen molar-refractivity contribution in [1.29, 1.82) is 0 Å². The van der Waals surface area contributed by atoms with E-state index < -0.39 is 5.72 Å².